The first-order valence-electron chi connectivity index (χ1n) is 8.49. The van der Waals surface area contributed by atoms with Gasteiger partial charge in [-0.2, -0.15) is 0 Å². The van der Waals surface area contributed by atoms with E-state index in [9.17, 15) is 9.59 Å². The van der Waals surface area contributed by atoms with Crippen LogP contribution in [0.1, 0.15) is 5.56 Å². The van der Waals surface area contributed by atoms with Gasteiger partial charge in [-0.05, 0) is 35.7 Å². The average molecular weight is 357 g/mol. The average Bonchev–Trinajstić information content (AvgIpc) is 3.36. The number of H-pyrrole nitrogens is 1. The second kappa shape index (κ2) is 5.60. The number of rotatable bonds is 3. The van der Waals surface area contributed by atoms with Gasteiger partial charge in [-0.15, -0.1) is 0 Å². The molecule has 0 unspecified atom stereocenters. The summed E-state index contributed by atoms with van der Waals surface area (Å²) in [6.45, 7) is 0. The van der Waals surface area contributed by atoms with Gasteiger partial charge in [0.1, 0.15) is 11.4 Å². The molecule has 6 heteroatoms. The zero-order valence-corrected chi connectivity index (χ0v) is 14.4. The smallest absolute Gasteiger partial charge is 0.275 e. The van der Waals surface area contributed by atoms with Crippen molar-refractivity contribution in [1.29, 1.82) is 0 Å². The molecule has 0 fully saturated rings. The molecular formula is C21H15N3O3. The highest BCUT2D eigenvalue weighted by molar-refractivity contribution is 6.47. The van der Waals surface area contributed by atoms with Crippen molar-refractivity contribution >= 4 is 44.9 Å². The number of fused-ring (bicyclic) bond motifs is 2. The van der Waals surface area contributed by atoms with Crippen molar-refractivity contribution in [3.05, 3.63) is 66.5 Å². The molecule has 0 saturated heterocycles. The molecule has 5 rings (SSSR count). The lowest BCUT2D eigenvalue weighted by atomic mass is 10.0. The summed E-state index contributed by atoms with van der Waals surface area (Å²) in [4.78, 5) is 28.5. The summed E-state index contributed by atoms with van der Waals surface area (Å²) in [5.74, 6) is -0.133. The Morgan fingerprint density at radius 2 is 1.85 bits per heavy atom. The quantitative estimate of drug-likeness (QED) is 0.553. The molecule has 1 aliphatic rings. The van der Waals surface area contributed by atoms with Gasteiger partial charge in [-0.3, -0.25) is 14.9 Å². The van der Waals surface area contributed by atoms with Crippen LogP contribution in [0, 0.1) is 0 Å². The van der Waals surface area contributed by atoms with Crippen LogP contribution in [0.15, 0.2) is 60.9 Å². The Kier molecular flexibility index (Phi) is 3.21. The maximum Gasteiger partial charge on any atom is 0.275 e. The molecule has 2 N–H and O–H groups in total. The van der Waals surface area contributed by atoms with Crippen LogP contribution < -0.4 is 10.1 Å². The van der Waals surface area contributed by atoms with Crippen LogP contribution in [-0.2, 0) is 9.59 Å². The van der Waals surface area contributed by atoms with E-state index in [2.05, 4.69) is 10.3 Å². The van der Waals surface area contributed by atoms with Crippen molar-refractivity contribution in [2.24, 2.45) is 0 Å². The molecule has 0 atom stereocenters. The topological polar surface area (TPSA) is 76.1 Å². The normalized spacial score (nSPS) is 14.4. The van der Waals surface area contributed by atoms with Gasteiger partial charge in [0.15, 0.2) is 0 Å². The number of methoxy groups -OCH3 is 1. The number of carbonyl (C=O) groups excluding carboxylic acids is 2. The third-order valence-corrected chi connectivity index (χ3v) is 4.90. The van der Waals surface area contributed by atoms with Gasteiger partial charge in [-0.1, -0.05) is 18.2 Å². The summed E-state index contributed by atoms with van der Waals surface area (Å²) in [5.41, 5.74) is 3.07. The van der Waals surface area contributed by atoms with Crippen LogP contribution in [0.5, 0.6) is 5.75 Å². The van der Waals surface area contributed by atoms with Crippen molar-refractivity contribution in [2.75, 3.05) is 7.11 Å². The predicted octanol–water partition coefficient (Wildman–Crippen LogP) is 3.16. The molecular weight excluding hydrogens is 342 g/mol. The summed E-state index contributed by atoms with van der Waals surface area (Å²) in [5, 5.41) is 4.25. The van der Waals surface area contributed by atoms with Crippen molar-refractivity contribution in [3.63, 3.8) is 0 Å². The molecule has 4 aromatic rings. The third-order valence-electron chi connectivity index (χ3n) is 4.90. The van der Waals surface area contributed by atoms with E-state index >= 15 is 0 Å². The number of hydrogen-bond acceptors (Lipinski definition) is 3. The maximum atomic E-state index is 12.7. The summed E-state index contributed by atoms with van der Waals surface area (Å²) in [6.07, 6.45) is 3.57. The minimum absolute atomic E-state index is 0.324. The molecule has 2 amide bonds. The monoisotopic (exact) mass is 357 g/mol. The molecule has 1 aliphatic heterocycles. The highest BCUT2D eigenvalue weighted by Gasteiger charge is 2.34. The summed E-state index contributed by atoms with van der Waals surface area (Å²) in [7, 11) is 1.59. The first kappa shape index (κ1) is 15.5. The number of amides is 2. The number of aromatic amines is 1. The highest BCUT2D eigenvalue weighted by atomic mass is 16.5. The molecule has 0 radical (unpaired) electrons. The van der Waals surface area contributed by atoms with Gasteiger partial charge in [0.2, 0.25) is 0 Å². The van der Waals surface area contributed by atoms with Gasteiger partial charge in [0.05, 0.1) is 18.2 Å². The summed E-state index contributed by atoms with van der Waals surface area (Å²) >= 11 is 0. The number of hydrogen-bond donors (Lipinski definition) is 2. The zero-order valence-electron chi connectivity index (χ0n) is 14.4. The van der Waals surface area contributed by atoms with Crippen LogP contribution >= 0.6 is 0 Å². The van der Waals surface area contributed by atoms with Gasteiger partial charge < -0.3 is 14.3 Å². The first-order chi connectivity index (χ1) is 13.2. The number of nitrogens with zero attached hydrogens (tertiary/aromatic N) is 1. The van der Waals surface area contributed by atoms with Crippen LogP contribution in [0.3, 0.4) is 0 Å². The van der Waals surface area contributed by atoms with Gasteiger partial charge in [-0.25, -0.2) is 0 Å². The summed E-state index contributed by atoms with van der Waals surface area (Å²) < 4.78 is 7.08. The van der Waals surface area contributed by atoms with E-state index in [1.165, 1.54) is 0 Å². The molecule has 6 nitrogen and oxygen atoms in total. The van der Waals surface area contributed by atoms with Crippen molar-refractivity contribution in [2.45, 2.75) is 0 Å². The van der Waals surface area contributed by atoms with Crippen molar-refractivity contribution < 1.29 is 14.3 Å². The molecule has 0 bridgehead atoms. The minimum Gasteiger partial charge on any atom is -0.497 e. The molecule has 2 aromatic heterocycles. The lowest BCUT2D eigenvalue weighted by Crippen LogP contribution is -2.23. The van der Waals surface area contributed by atoms with E-state index in [0.29, 0.717) is 22.6 Å². The molecule has 3 heterocycles. The first-order valence-corrected chi connectivity index (χ1v) is 8.49. The Morgan fingerprint density at radius 1 is 1.00 bits per heavy atom. The van der Waals surface area contributed by atoms with E-state index in [1.807, 2.05) is 54.7 Å². The number of nitrogens with one attached hydrogen (secondary N) is 2. The molecule has 0 aliphatic carbocycles. The van der Waals surface area contributed by atoms with E-state index in [-0.39, 0.29) is 0 Å². The molecule has 132 valence electrons. The Hall–Kier alpha value is -3.80. The standard InChI is InChI=1S/C21H15N3O3/c1-27-13-6-7-16-14(10-13)15(11-22-16)18-19(21(26)23-20(18)25)24-9-8-12-4-2-3-5-17(12)24/h2-11,22H,1H3,(H,23,25,26). The zero-order chi connectivity index (χ0) is 18.5. The van der Waals surface area contributed by atoms with Gasteiger partial charge >= 0.3 is 0 Å². The van der Waals surface area contributed by atoms with Crippen LogP contribution in [0.2, 0.25) is 0 Å². The van der Waals surface area contributed by atoms with E-state index in [1.54, 1.807) is 17.9 Å². The fraction of sp³-hybridized carbons (Fsp3) is 0.0476. The SMILES string of the molecule is COc1ccc2[nH]cc(C3=C(n4ccc5ccccc54)C(=O)NC3=O)c2c1. The van der Waals surface area contributed by atoms with Crippen LogP contribution in [0.4, 0.5) is 0 Å². The van der Waals surface area contributed by atoms with Gasteiger partial charge in [0, 0.05) is 28.9 Å². The number of para-hydroxylation sites is 1. The minimum atomic E-state index is -0.409. The molecule has 2 aromatic carbocycles. The number of ether oxygens (including phenoxy) is 1. The molecule has 0 spiro atoms. The fourth-order valence-corrected chi connectivity index (χ4v) is 3.64. The van der Waals surface area contributed by atoms with Crippen LogP contribution in [-0.4, -0.2) is 28.5 Å². The predicted molar refractivity (Wildman–Crippen MR) is 103 cm³/mol. The van der Waals surface area contributed by atoms with Crippen LogP contribution in [0.25, 0.3) is 33.1 Å². The molecule has 27 heavy (non-hydrogen) atoms. The lowest BCUT2D eigenvalue weighted by molar-refractivity contribution is -0.122. The van der Waals surface area contributed by atoms with E-state index < -0.39 is 11.8 Å². The lowest BCUT2D eigenvalue weighted by Gasteiger charge is -2.07. The Morgan fingerprint density at radius 3 is 2.70 bits per heavy atom. The Balaban J connectivity index is 1.82. The van der Waals surface area contributed by atoms with Crippen molar-refractivity contribution in [3.8, 4) is 5.75 Å². The second-order valence-electron chi connectivity index (χ2n) is 6.37. The second-order valence-corrected chi connectivity index (χ2v) is 6.37. The Bertz CT molecular complexity index is 1280. The Labute approximate surface area is 154 Å². The van der Waals surface area contributed by atoms with Crippen molar-refractivity contribution in [1.82, 2.24) is 14.9 Å². The number of carbonyl (C=O) groups is 2. The maximum absolute atomic E-state index is 12.7. The number of aromatic nitrogens is 2. The number of imide groups is 1. The van der Waals surface area contributed by atoms with E-state index in [0.717, 1.165) is 21.8 Å². The fourth-order valence-electron chi connectivity index (χ4n) is 3.64. The molecule has 0 saturated carbocycles. The van der Waals surface area contributed by atoms with Gasteiger partial charge in [0.25, 0.3) is 11.8 Å². The third kappa shape index (κ3) is 2.20. The number of benzene rings is 2. The highest BCUT2D eigenvalue weighted by Crippen LogP contribution is 2.35. The largest absolute Gasteiger partial charge is 0.497 e. The van der Waals surface area contributed by atoms with E-state index in [4.69, 9.17) is 4.74 Å². The summed E-state index contributed by atoms with van der Waals surface area (Å²) in [6, 6.07) is 15.3.